The highest BCUT2D eigenvalue weighted by Crippen LogP contribution is 2.19. The number of nitrogens with one attached hydrogen (secondary N) is 2. The fourth-order valence-corrected chi connectivity index (χ4v) is 2.70. The van der Waals surface area contributed by atoms with Crippen LogP contribution in [0.1, 0.15) is 26.3 Å². The molecule has 3 aromatic carbocycles. The second kappa shape index (κ2) is 8.97. The van der Waals surface area contributed by atoms with Gasteiger partial charge in [-0.15, -0.1) is 0 Å². The zero-order valence-electron chi connectivity index (χ0n) is 15.5. The molecular weight excluding hydrogens is 378 g/mol. The van der Waals surface area contributed by atoms with Crippen LogP contribution in [0, 0.1) is 11.6 Å². The van der Waals surface area contributed by atoms with E-state index in [1.165, 1.54) is 30.3 Å². The summed E-state index contributed by atoms with van der Waals surface area (Å²) in [5.74, 6) is -2.09. The van der Waals surface area contributed by atoms with Gasteiger partial charge in [-0.3, -0.25) is 9.59 Å². The summed E-state index contributed by atoms with van der Waals surface area (Å²) in [6.45, 7) is 0.275. The number of methoxy groups -OCH3 is 1. The molecule has 0 unspecified atom stereocenters. The van der Waals surface area contributed by atoms with Gasteiger partial charge in [0.05, 0.1) is 7.11 Å². The Kier molecular flexibility index (Phi) is 6.19. The maximum Gasteiger partial charge on any atom is 0.255 e. The van der Waals surface area contributed by atoms with Gasteiger partial charge in [0.15, 0.2) is 0 Å². The number of halogens is 2. The fraction of sp³-hybridized carbons (Fsp3) is 0.0909. The van der Waals surface area contributed by atoms with Crippen LogP contribution in [0.4, 0.5) is 14.5 Å². The van der Waals surface area contributed by atoms with E-state index in [0.29, 0.717) is 11.3 Å². The quantitative estimate of drug-likeness (QED) is 0.658. The zero-order chi connectivity index (χ0) is 20.8. The minimum atomic E-state index is -0.870. The molecule has 3 aromatic rings. The maximum absolute atomic E-state index is 13.7. The Morgan fingerprint density at radius 1 is 0.828 bits per heavy atom. The molecule has 0 aliphatic heterocycles. The number of anilines is 1. The molecule has 0 atom stereocenters. The summed E-state index contributed by atoms with van der Waals surface area (Å²) in [4.78, 5) is 24.5. The van der Waals surface area contributed by atoms with Crippen molar-refractivity contribution in [3.8, 4) is 5.75 Å². The van der Waals surface area contributed by atoms with Crippen LogP contribution in [0.25, 0.3) is 0 Å². The highest BCUT2D eigenvalue weighted by atomic mass is 19.1. The first-order chi connectivity index (χ1) is 14.0. The van der Waals surface area contributed by atoms with E-state index in [-0.39, 0.29) is 18.0 Å². The SMILES string of the molecule is COc1ccccc1CNC(=O)c1ccc(C(=O)Nc2c(F)cccc2F)cc1. The molecular formula is C22H18F2N2O3. The first kappa shape index (κ1) is 20.0. The molecule has 0 aromatic heterocycles. The van der Waals surface area contributed by atoms with E-state index in [0.717, 1.165) is 17.7 Å². The lowest BCUT2D eigenvalue weighted by atomic mass is 10.1. The molecule has 0 fully saturated rings. The monoisotopic (exact) mass is 396 g/mol. The van der Waals surface area contributed by atoms with Gasteiger partial charge in [0.2, 0.25) is 0 Å². The Hall–Kier alpha value is -3.74. The van der Waals surface area contributed by atoms with Crippen molar-refractivity contribution in [2.24, 2.45) is 0 Å². The van der Waals surface area contributed by atoms with Crippen LogP contribution in [0.5, 0.6) is 5.75 Å². The third kappa shape index (κ3) is 4.76. The van der Waals surface area contributed by atoms with Crippen molar-refractivity contribution in [2.75, 3.05) is 12.4 Å². The normalized spacial score (nSPS) is 10.3. The highest BCUT2D eigenvalue weighted by molar-refractivity contribution is 6.05. The Balaban J connectivity index is 1.65. The molecule has 2 amide bonds. The van der Waals surface area contributed by atoms with Crippen molar-refractivity contribution in [1.29, 1.82) is 0 Å². The smallest absolute Gasteiger partial charge is 0.255 e. The summed E-state index contributed by atoms with van der Waals surface area (Å²) in [6, 6.07) is 16.4. The van der Waals surface area contributed by atoms with Crippen molar-refractivity contribution in [3.63, 3.8) is 0 Å². The number of ether oxygens (including phenoxy) is 1. The van der Waals surface area contributed by atoms with Crippen molar-refractivity contribution in [1.82, 2.24) is 5.32 Å². The maximum atomic E-state index is 13.7. The Morgan fingerprint density at radius 3 is 2.03 bits per heavy atom. The van der Waals surface area contributed by atoms with Crippen LogP contribution < -0.4 is 15.4 Å². The molecule has 0 radical (unpaired) electrons. The van der Waals surface area contributed by atoms with Crippen LogP contribution in [-0.4, -0.2) is 18.9 Å². The number of para-hydroxylation sites is 2. The van der Waals surface area contributed by atoms with Gasteiger partial charge in [-0.2, -0.15) is 0 Å². The number of hydrogen-bond acceptors (Lipinski definition) is 3. The average molecular weight is 396 g/mol. The van der Waals surface area contributed by atoms with E-state index in [4.69, 9.17) is 4.74 Å². The second-order valence-corrected chi connectivity index (χ2v) is 6.12. The lowest BCUT2D eigenvalue weighted by Gasteiger charge is -2.10. The average Bonchev–Trinajstić information content (AvgIpc) is 2.75. The molecule has 0 saturated heterocycles. The van der Waals surface area contributed by atoms with Gasteiger partial charge in [0, 0.05) is 23.2 Å². The molecule has 3 rings (SSSR count). The lowest BCUT2D eigenvalue weighted by molar-refractivity contribution is 0.0949. The number of carbonyl (C=O) groups excluding carboxylic acids is 2. The largest absolute Gasteiger partial charge is 0.496 e. The molecule has 0 spiro atoms. The van der Waals surface area contributed by atoms with Crippen molar-refractivity contribution in [2.45, 2.75) is 6.54 Å². The first-order valence-electron chi connectivity index (χ1n) is 8.75. The van der Waals surface area contributed by atoms with E-state index in [1.807, 2.05) is 18.2 Å². The molecule has 0 aliphatic carbocycles. The molecule has 7 heteroatoms. The fourth-order valence-electron chi connectivity index (χ4n) is 2.70. The summed E-state index contributed by atoms with van der Waals surface area (Å²) >= 11 is 0. The summed E-state index contributed by atoms with van der Waals surface area (Å²) in [6.07, 6.45) is 0. The third-order valence-electron chi connectivity index (χ3n) is 4.24. The van der Waals surface area contributed by atoms with Crippen LogP contribution in [0.2, 0.25) is 0 Å². The topological polar surface area (TPSA) is 67.4 Å². The van der Waals surface area contributed by atoms with E-state index in [9.17, 15) is 18.4 Å². The number of hydrogen-bond donors (Lipinski definition) is 2. The molecule has 0 aliphatic rings. The Labute approximate surface area is 166 Å². The molecule has 2 N–H and O–H groups in total. The van der Waals surface area contributed by atoms with Gasteiger partial charge in [0.1, 0.15) is 23.1 Å². The van der Waals surface area contributed by atoms with Gasteiger partial charge < -0.3 is 15.4 Å². The molecule has 0 saturated carbocycles. The molecule has 0 heterocycles. The second-order valence-electron chi connectivity index (χ2n) is 6.12. The minimum Gasteiger partial charge on any atom is -0.496 e. The van der Waals surface area contributed by atoms with Gasteiger partial charge in [-0.1, -0.05) is 24.3 Å². The molecule has 0 bridgehead atoms. The molecule has 5 nitrogen and oxygen atoms in total. The summed E-state index contributed by atoms with van der Waals surface area (Å²) in [7, 11) is 1.55. The third-order valence-corrected chi connectivity index (χ3v) is 4.24. The van der Waals surface area contributed by atoms with E-state index in [2.05, 4.69) is 10.6 Å². The van der Waals surface area contributed by atoms with Gasteiger partial charge >= 0.3 is 0 Å². The zero-order valence-corrected chi connectivity index (χ0v) is 15.5. The Morgan fingerprint density at radius 2 is 1.41 bits per heavy atom. The highest BCUT2D eigenvalue weighted by Gasteiger charge is 2.14. The molecule has 148 valence electrons. The van der Waals surface area contributed by atoms with Gasteiger partial charge in [-0.05, 0) is 42.5 Å². The van der Waals surface area contributed by atoms with Crippen molar-refractivity contribution < 1.29 is 23.1 Å². The lowest BCUT2D eigenvalue weighted by Crippen LogP contribution is -2.23. The van der Waals surface area contributed by atoms with E-state index in [1.54, 1.807) is 13.2 Å². The van der Waals surface area contributed by atoms with E-state index < -0.39 is 23.2 Å². The summed E-state index contributed by atoms with van der Waals surface area (Å²) < 4.78 is 32.6. The van der Waals surface area contributed by atoms with Crippen molar-refractivity contribution in [3.05, 3.63) is 95.1 Å². The Bertz CT molecular complexity index is 1020. The number of rotatable bonds is 6. The number of carbonyl (C=O) groups is 2. The summed E-state index contributed by atoms with van der Waals surface area (Å²) in [5, 5.41) is 4.97. The van der Waals surface area contributed by atoms with Crippen LogP contribution in [0.3, 0.4) is 0 Å². The number of benzene rings is 3. The van der Waals surface area contributed by atoms with E-state index >= 15 is 0 Å². The van der Waals surface area contributed by atoms with Crippen LogP contribution >= 0.6 is 0 Å². The van der Waals surface area contributed by atoms with Crippen LogP contribution in [-0.2, 0) is 6.54 Å². The predicted molar refractivity (Wildman–Crippen MR) is 105 cm³/mol. The number of amides is 2. The van der Waals surface area contributed by atoms with Crippen molar-refractivity contribution >= 4 is 17.5 Å². The first-order valence-corrected chi connectivity index (χ1v) is 8.75. The van der Waals surface area contributed by atoms with Gasteiger partial charge in [-0.25, -0.2) is 8.78 Å². The van der Waals surface area contributed by atoms with Gasteiger partial charge in [0.25, 0.3) is 11.8 Å². The minimum absolute atomic E-state index is 0.161. The summed E-state index contributed by atoms with van der Waals surface area (Å²) in [5.41, 5.74) is 0.810. The predicted octanol–water partition coefficient (Wildman–Crippen LogP) is 4.16. The van der Waals surface area contributed by atoms with Crippen LogP contribution in [0.15, 0.2) is 66.7 Å². The standard InChI is InChI=1S/C22H18F2N2O3/c1-29-19-8-3-2-5-16(19)13-25-21(27)14-9-11-15(12-10-14)22(28)26-20-17(23)6-4-7-18(20)24/h2-12H,13H2,1H3,(H,25,27)(H,26,28). The molecule has 29 heavy (non-hydrogen) atoms.